The Morgan fingerprint density at radius 1 is 1.14 bits per heavy atom. The maximum atomic E-state index is 10.8. The molecule has 0 aliphatic carbocycles. The van der Waals surface area contributed by atoms with Crippen LogP contribution in [-0.4, -0.2) is 14.4 Å². The molecule has 7 nitrogen and oxygen atoms in total. The molecule has 0 aliphatic rings. The van der Waals surface area contributed by atoms with Crippen LogP contribution in [0.2, 0.25) is 0 Å². The van der Waals surface area contributed by atoms with Crippen LogP contribution in [0, 0.1) is 34.1 Å². The van der Waals surface area contributed by atoms with E-state index in [0.29, 0.717) is 11.3 Å². The minimum Gasteiger partial charge on any atom is -0.318 e. The van der Waals surface area contributed by atoms with Gasteiger partial charge in [0, 0.05) is 35.2 Å². The average molecular weight is 287 g/mol. The second kappa shape index (κ2) is 5.58. The maximum Gasteiger partial charge on any atom is 0.271 e. The lowest BCUT2D eigenvalue weighted by Crippen LogP contribution is -2.00. The van der Waals surface area contributed by atoms with Gasteiger partial charge in [0.2, 0.25) is 6.20 Å². The second-order valence-corrected chi connectivity index (χ2v) is 4.54. The van der Waals surface area contributed by atoms with Gasteiger partial charge in [0.25, 0.3) is 5.69 Å². The lowest BCUT2D eigenvalue weighted by Gasteiger charge is -2.09. The van der Waals surface area contributed by atoms with E-state index in [4.69, 9.17) is 0 Å². The number of nitro benzene ring substituents is 1. The molecule has 0 bridgehead atoms. The molecule has 0 atom stereocenters. The van der Waals surface area contributed by atoms with Crippen LogP contribution < -0.4 is 0 Å². The van der Waals surface area contributed by atoms with Gasteiger partial charge in [-0.25, -0.2) is 0 Å². The molecule has 0 saturated carbocycles. The van der Waals surface area contributed by atoms with Crippen LogP contribution in [0.3, 0.4) is 0 Å². The number of hydrogen-bond acceptors (Lipinski definition) is 4. The summed E-state index contributed by atoms with van der Waals surface area (Å²) in [6.45, 7) is 3.65. The van der Waals surface area contributed by atoms with Gasteiger partial charge in [-0.3, -0.25) is 20.2 Å². The molecule has 0 radical (unpaired) electrons. The summed E-state index contributed by atoms with van der Waals surface area (Å²) in [5.74, 6) is 0. The van der Waals surface area contributed by atoms with Gasteiger partial charge in [-0.1, -0.05) is 6.07 Å². The van der Waals surface area contributed by atoms with Crippen molar-refractivity contribution in [3.63, 3.8) is 0 Å². The number of aromatic nitrogens is 1. The Kier molecular flexibility index (Phi) is 3.84. The van der Waals surface area contributed by atoms with Crippen molar-refractivity contribution < 1.29 is 9.85 Å². The summed E-state index contributed by atoms with van der Waals surface area (Å²) in [6.07, 6.45) is 2.29. The highest BCUT2D eigenvalue weighted by atomic mass is 16.6. The molecule has 0 fully saturated rings. The number of rotatable bonds is 4. The minimum absolute atomic E-state index is 0.00221. The predicted octanol–water partition coefficient (Wildman–Crippen LogP) is 3.25. The van der Waals surface area contributed by atoms with Crippen molar-refractivity contribution in [2.75, 3.05) is 0 Å². The third-order valence-corrected chi connectivity index (χ3v) is 3.14. The zero-order valence-corrected chi connectivity index (χ0v) is 11.5. The monoisotopic (exact) mass is 287 g/mol. The van der Waals surface area contributed by atoms with Crippen molar-refractivity contribution in [3.05, 3.63) is 73.7 Å². The SMILES string of the molecule is Cc1cc(/C=C/[N+](=O)[O-])c(C)n1-c1cccc([N+](=O)[O-])c1. The molecule has 21 heavy (non-hydrogen) atoms. The quantitative estimate of drug-likeness (QED) is 0.637. The Balaban J connectivity index is 2.52. The standard InChI is InChI=1S/C14H13N3O4/c1-10-8-12(6-7-15(18)19)11(2)16(10)13-4-3-5-14(9-13)17(20)21/h3-9H,1-2H3/b7-6+. The molecule has 0 aliphatic heterocycles. The lowest BCUT2D eigenvalue weighted by atomic mass is 10.2. The predicted molar refractivity (Wildman–Crippen MR) is 77.9 cm³/mol. The van der Waals surface area contributed by atoms with Gasteiger partial charge in [-0.2, -0.15) is 0 Å². The summed E-state index contributed by atoms with van der Waals surface area (Å²) >= 11 is 0. The van der Waals surface area contributed by atoms with Crippen molar-refractivity contribution in [2.24, 2.45) is 0 Å². The maximum absolute atomic E-state index is 10.8. The van der Waals surface area contributed by atoms with E-state index in [-0.39, 0.29) is 5.69 Å². The number of hydrogen-bond donors (Lipinski definition) is 0. The van der Waals surface area contributed by atoms with Crippen molar-refractivity contribution in [2.45, 2.75) is 13.8 Å². The van der Waals surface area contributed by atoms with E-state index in [1.54, 1.807) is 18.2 Å². The highest BCUT2D eigenvalue weighted by molar-refractivity contribution is 5.56. The number of benzene rings is 1. The van der Waals surface area contributed by atoms with Gasteiger partial charge in [0.15, 0.2) is 0 Å². The van der Waals surface area contributed by atoms with Gasteiger partial charge >= 0.3 is 0 Å². The molecule has 2 rings (SSSR count). The Labute approximate surface area is 120 Å². The molecular weight excluding hydrogens is 274 g/mol. The first-order chi connectivity index (χ1) is 9.90. The number of nitrogens with zero attached hydrogens (tertiary/aromatic N) is 3. The van der Waals surface area contributed by atoms with Gasteiger partial charge < -0.3 is 4.57 Å². The highest BCUT2D eigenvalue weighted by Crippen LogP contribution is 2.24. The normalized spacial score (nSPS) is 11.0. The van der Waals surface area contributed by atoms with Crippen LogP contribution in [-0.2, 0) is 0 Å². The first-order valence-electron chi connectivity index (χ1n) is 6.15. The van der Waals surface area contributed by atoms with Gasteiger partial charge in [-0.05, 0) is 26.0 Å². The van der Waals surface area contributed by atoms with Crippen molar-refractivity contribution in [3.8, 4) is 5.69 Å². The zero-order chi connectivity index (χ0) is 15.6. The largest absolute Gasteiger partial charge is 0.318 e. The Morgan fingerprint density at radius 3 is 2.48 bits per heavy atom. The fourth-order valence-electron chi connectivity index (χ4n) is 2.24. The molecule has 1 heterocycles. The number of nitro groups is 2. The Hall–Kier alpha value is -2.96. The molecule has 0 spiro atoms. The molecule has 0 unspecified atom stereocenters. The summed E-state index contributed by atoms with van der Waals surface area (Å²) in [6, 6.07) is 8.06. The van der Waals surface area contributed by atoms with Crippen molar-refractivity contribution in [1.29, 1.82) is 0 Å². The fraction of sp³-hybridized carbons (Fsp3) is 0.143. The first-order valence-corrected chi connectivity index (χ1v) is 6.15. The Bertz CT molecular complexity index is 747. The third kappa shape index (κ3) is 2.97. The van der Waals surface area contributed by atoms with E-state index in [1.807, 2.05) is 18.4 Å². The molecule has 0 saturated heterocycles. The minimum atomic E-state index is -0.528. The van der Waals surface area contributed by atoms with E-state index in [9.17, 15) is 20.2 Å². The summed E-state index contributed by atoms with van der Waals surface area (Å²) in [5.41, 5.74) is 2.99. The third-order valence-electron chi connectivity index (χ3n) is 3.14. The van der Waals surface area contributed by atoms with Crippen LogP contribution in [0.15, 0.2) is 36.5 Å². The van der Waals surface area contributed by atoms with Gasteiger partial charge in [0.05, 0.1) is 15.5 Å². The second-order valence-electron chi connectivity index (χ2n) is 4.54. The molecule has 0 amide bonds. The summed E-state index contributed by atoms with van der Waals surface area (Å²) in [5, 5.41) is 21.2. The zero-order valence-electron chi connectivity index (χ0n) is 11.5. The van der Waals surface area contributed by atoms with Crippen LogP contribution >= 0.6 is 0 Å². The first kappa shape index (κ1) is 14.4. The van der Waals surface area contributed by atoms with E-state index in [0.717, 1.165) is 17.6 Å². The topological polar surface area (TPSA) is 91.2 Å². The van der Waals surface area contributed by atoms with E-state index < -0.39 is 9.85 Å². The molecule has 2 aromatic rings. The van der Waals surface area contributed by atoms with Crippen LogP contribution in [0.5, 0.6) is 0 Å². The smallest absolute Gasteiger partial charge is 0.271 e. The van der Waals surface area contributed by atoms with Gasteiger partial charge in [0.1, 0.15) is 0 Å². The van der Waals surface area contributed by atoms with Gasteiger partial charge in [-0.15, -0.1) is 0 Å². The molecule has 0 N–H and O–H groups in total. The Morgan fingerprint density at radius 2 is 1.86 bits per heavy atom. The highest BCUT2D eigenvalue weighted by Gasteiger charge is 2.12. The summed E-state index contributed by atoms with van der Waals surface area (Å²) in [4.78, 5) is 20.3. The molecular formula is C14H13N3O4. The summed E-state index contributed by atoms with van der Waals surface area (Å²) in [7, 11) is 0. The average Bonchev–Trinajstić information content (AvgIpc) is 2.71. The van der Waals surface area contributed by atoms with E-state index >= 15 is 0 Å². The van der Waals surface area contributed by atoms with Crippen molar-refractivity contribution >= 4 is 11.8 Å². The summed E-state index contributed by atoms with van der Waals surface area (Å²) < 4.78 is 1.83. The molecule has 1 aromatic heterocycles. The molecule has 108 valence electrons. The van der Waals surface area contributed by atoms with E-state index in [1.165, 1.54) is 18.2 Å². The van der Waals surface area contributed by atoms with Crippen LogP contribution in [0.1, 0.15) is 17.0 Å². The number of aryl methyl sites for hydroxylation is 1. The van der Waals surface area contributed by atoms with E-state index in [2.05, 4.69) is 0 Å². The molecule has 7 heteroatoms. The van der Waals surface area contributed by atoms with Crippen LogP contribution in [0.4, 0.5) is 5.69 Å². The lowest BCUT2D eigenvalue weighted by molar-refractivity contribution is -0.400. The fourth-order valence-corrected chi connectivity index (χ4v) is 2.24. The number of non-ortho nitro benzene ring substituents is 1. The van der Waals surface area contributed by atoms with Crippen molar-refractivity contribution in [1.82, 2.24) is 4.57 Å². The molecule has 1 aromatic carbocycles. The van der Waals surface area contributed by atoms with Crippen LogP contribution in [0.25, 0.3) is 11.8 Å².